The molecule has 0 fully saturated rings. The lowest BCUT2D eigenvalue weighted by molar-refractivity contribution is 0.736. The van der Waals surface area contributed by atoms with Gasteiger partial charge >= 0.3 is 0 Å². The molecular formula is C8H30S5. The van der Waals surface area contributed by atoms with Crippen molar-refractivity contribution in [3.63, 3.8) is 0 Å². The molecular weight excluding hydrogens is 256 g/mol. The summed E-state index contributed by atoms with van der Waals surface area (Å²) in [6, 6.07) is 0. The van der Waals surface area contributed by atoms with Gasteiger partial charge in [0, 0.05) is 0 Å². The van der Waals surface area contributed by atoms with Crippen LogP contribution in [0.3, 0.4) is 0 Å². The van der Waals surface area contributed by atoms with Crippen molar-refractivity contribution in [3.05, 3.63) is 0 Å². The molecule has 0 aromatic carbocycles. The number of hydrogen-bond acceptors (Lipinski definition) is 0. The molecule has 0 spiro atoms. The van der Waals surface area contributed by atoms with Crippen molar-refractivity contribution in [2.75, 3.05) is 0 Å². The van der Waals surface area contributed by atoms with E-state index in [1.165, 1.54) is 0 Å². The first kappa shape index (κ1) is 46.4. The third-order valence-corrected chi connectivity index (χ3v) is 0. The Morgan fingerprint density at radius 2 is 0.385 bits per heavy atom. The zero-order valence-corrected chi connectivity index (χ0v) is 14.7. The Morgan fingerprint density at radius 1 is 0.385 bits per heavy atom. The molecule has 0 amide bonds. The number of rotatable bonds is 0. The SMILES string of the molecule is CC(C)C.CC(C)C.S.S.S.S.S. The van der Waals surface area contributed by atoms with E-state index in [1.807, 2.05) is 0 Å². The lowest BCUT2D eigenvalue weighted by Gasteiger charge is -1.79. The van der Waals surface area contributed by atoms with E-state index in [0.29, 0.717) is 0 Å². The van der Waals surface area contributed by atoms with Gasteiger partial charge in [-0.3, -0.25) is 0 Å². The maximum atomic E-state index is 2.17. The van der Waals surface area contributed by atoms with Crippen LogP contribution in [0.25, 0.3) is 0 Å². The molecule has 0 aromatic heterocycles. The van der Waals surface area contributed by atoms with Crippen molar-refractivity contribution >= 4 is 67.5 Å². The summed E-state index contributed by atoms with van der Waals surface area (Å²) in [5.41, 5.74) is 0. The molecule has 0 saturated carbocycles. The molecule has 0 radical (unpaired) electrons. The van der Waals surface area contributed by atoms with Crippen LogP contribution in [0.1, 0.15) is 41.5 Å². The summed E-state index contributed by atoms with van der Waals surface area (Å²) >= 11 is 0. The summed E-state index contributed by atoms with van der Waals surface area (Å²) in [5.74, 6) is 1.67. The third kappa shape index (κ3) is 620. The highest BCUT2D eigenvalue weighted by Crippen LogP contribution is 1.81. The molecule has 0 heterocycles. The highest BCUT2D eigenvalue weighted by atomic mass is 32.1. The highest BCUT2D eigenvalue weighted by Gasteiger charge is 1.68. The third-order valence-electron chi connectivity index (χ3n) is 0. The van der Waals surface area contributed by atoms with Crippen molar-refractivity contribution < 1.29 is 0 Å². The van der Waals surface area contributed by atoms with Crippen molar-refractivity contribution in [2.45, 2.75) is 41.5 Å². The lowest BCUT2D eigenvalue weighted by atomic mass is 10.3. The molecule has 13 heavy (non-hydrogen) atoms. The van der Waals surface area contributed by atoms with Crippen LogP contribution in [0, 0.1) is 11.8 Å². The van der Waals surface area contributed by atoms with E-state index in [2.05, 4.69) is 41.5 Å². The van der Waals surface area contributed by atoms with Gasteiger partial charge in [-0.15, -0.1) is 0 Å². The van der Waals surface area contributed by atoms with Crippen molar-refractivity contribution in [2.24, 2.45) is 11.8 Å². The van der Waals surface area contributed by atoms with Gasteiger partial charge in [-0.2, -0.15) is 67.5 Å². The van der Waals surface area contributed by atoms with Crippen molar-refractivity contribution in [1.82, 2.24) is 0 Å². The van der Waals surface area contributed by atoms with Crippen LogP contribution >= 0.6 is 67.5 Å². The average Bonchev–Trinajstić information content (AvgIpc) is 1.25. The molecule has 0 aliphatic carbocycles. The van der Waals surface area contributed by atoms with Crippen LogP contribution in [0.4, 0.5) is 0 Å². The van der Waals surface area contributed by atoms with Crippen LogP contribution in [0.5, 0.6) is 0 Å². The second-order valence-electron chi connectivity index (χ2n) is 3.46. The fraction of sp³-hybridized carbons (Fsp3) is 1.00. The maximum absolute atomic E-state index is 2.17. The van der Waals surface area contributed by atoms with Crippen molar-refractivity contribution in [1.29, 1.82) is 0 Å². The van der Waals surface area contributed by atoms with E-state index in [-0.39, 0.29) is 67.5 Å². The zero-order chi connectivity index (χ0) is 7.15. The predicted molar refractivity (Wildman–Crippen MR) is 92.9 cm³/mol. The quantitative estimate of drug-likeness (QED) is 0.634. The molecule has 0 rings (SSSR count). The molecule has 0 bridgehead atoms. The van der Waals surface area contributed by atoms with Gasteiger partial charge < -0.3 is 0 Å². The summed E-state index contributed by atoms with van der Waals surface area (Å²) in [6.07, 6.45) is 0. The summed E-state index contributed by atoms with van der Waals surface area (Å²) in [7, 11) is 0. The Bertz CT molecular complexity index is 28.0. The Balaban J connectivity index is -0.00000000800. The highest BCUT2D eigenvalue weighted by molar-refractivity contribution is 7.60. The normalized spacial score (nSPS) is 5.54. The van der Waals surface area contributed by atoms with E-state index >= 15 is 0 Å². The second kappa shape index (κ2) is 37.2. The summed E-state index contributed by atoms with van der Waals surface area (Å²) in [4.78, 5) is 0. The minimum absolute atomic E-state index is 0. The topological polar surface area (TPSA) is 0 Å². The van der Waals surface area contributed by atoms with Gasteiger partial charge in [0.1, 0.15) is 0 Å². The lowest BCUT2D eigenvalue weighted by Crippen LogP contribution is -1.66. The van der Waals surface area contributed by atoms with Crippen LogP contribution in [-0.4, -0.2) is 0 Å². The van der Waals surface area contributed by atoms with Gasteiger partial charge in [-0.05, 0) is 11.8 Å². The monoisotopic (exact) mass is 286 g/mol. The minimum atomic E-state index is 0. The van der Waals surface area contributed by atoms with Gasteiger partial charge in [0.15, 0.2) is 0 Å². The molecule has 0 saturated heterocycles. The molecule has 0 N–H and O–H groups in total. The first-order valence-corrected chi connectivity index (χ1v) is 3.46. The van der Waals surface area contributed by atoms with Crippen LogP contribution < -0.4 is 0 Å². The molecule has 0 aromatic rings. The first-order valence-electron chi connectivity index (χ1n) is 3.46. The van der Waals surface area contributed by atoms with E-state index in [4.69, 9.17) is 0 Å². The number of hydrogen-bond donors (Lipinski definition) is 0. The fourth-order valence-corrected chi connectivity index (χ4v) is 0. The van der Waals surface area contributed by atoms with Crippen molar-refractivity contribution in [3.8, 4) is 0 Å². The van der Waals surface area contributed by atoms with Crippen LogP contribution in [0.2, 0.25) is 0 Å². The van der Waals surface area contributed by atoms with E-state index in [9.17, 15) is 0 Å². The standard InChI is InChI=1S/2C4H10.5H2S/c2*1-4(2)3;;;;;/h2*4H,1-3H3;5*1H2. The molecule has 0 aliphatic heterocycles. The molecule has 0 aliphatic rings. The largest absolute Gasteiger partial charge is 0.197 e. The Morgan fingerprint density at radius 3 is 0.385 bits per heavy atom. The Labute approximate surface area is 120 Å². The first-order chi connectivity index (χ1) is 3.46. The predicted octanol–water partition coefficient (Wildman–Crippen LogP) is 3.89. The van der Waals surface area contributed by atoms with Gasteiger partial charge in [0.25, 0.3) is 0 Å². The van der Waals surface area contributed by atoms with Crippen LogP contribution in [-0.2, 0) is 0 Å². The van der Waals surface area contributed by atoms with Crippen LogP contribution in [0.15, 0.2) is 0 Å². The maximum Gasteiger partial charge on any atom is -0.0500 e. The Kier molecular flexibility index (Phi) is 133. The molecule has 0 atom stereocenters. The molecule has 92 valence electrons. The van der Waals surface area contributed by atoms with E-state index in [0.717, 1.165) is 11.8 Å². The fourth-order valence-electron chi connectivity index (χ4n) is 0. The molecule has 5 heteroatoms. The summed E-state index contributed by atoms with van der Waals surface area (Å²) in [5, 5.41) is 0. The van der Waals surface area contributed by atoms with Gasteiger partial charge in [-0.25, -0.2) is 0 Å². The van der Waals surface area contributed by atoms with Gasteiger partial charge in [-0.1, -0.05) is 41.5 Å². The Hall–Kier alpha value is 1.75. The van der Waals surface area contributed by atoms with Gasteiger partial charge in [0.05, 0.1) is 0 Å². The second-order valence-corrected chi connectivity index (χ2v) is 3.46. The van der Waals surface area contributed by atoms with Gasteiger partial charge in [0.2, 0.25) is 0 Å². The summed E-state index contributed by atoms with van der Waals surface area (Å²) in [6.45, 7) is 13.0. The smallest absolute Gasteiger partial charge is 0.0500 e. The van der Waals surface area contributed by atoms with E-state index in [1.54, 1.807) is 0 Å². The molecule has 0 nitrogen and oxygen atoms in total. The molecule has 0 unspecified atom stereocenters. The minimum Gasteiger partial charge on any atom is -0.197 e. The van der Waals surface area contributed by atoms with E-state index < -0.39 is 0 Å². The average molecular weight is 287 g/mol. The zero-order valence-electron chi connectivity index (χ0n) is 9.65. The summed E-state index contributed by atoms with van der Waals surface area (Å²) < 4.78 is 0.